The highest BCUT2D eigenvalue weighted by molar-refractivity contribution is 5.57. The summed E-state index contributed by atoms with van der Waals surface area (Å²) in [4.78, 5) is 5.26. The number of ether oxygens (including phenoxy) is 1. The van der Waals surface area contributed by atoms with E-state index < -0.39 is 0 Å². The van der Waals surface area contributed by atoms with E-state index >= 15 is 0 Å². The molecule has 0 radical (unpaired) electrons. The predicted octanol–water partition coefficient (Wildman–Crippen LogP) is 2.27. The fourth-order valence-electron chi connectivity index (χ4n) is 0.768. The molecule has 13 heavy (non-hydrogen) atoms. The third-order valence-corrected chi connectivity index (χ3v) is 1.24. The van der Waals surface area contributed by atoms with Crippen LogP contribution in [-0.4, -0.2) is 11.2 Å². The van der Waals surface area contributed by atoms with Crippen LogP contribution in [-0.2, 0) is 0 Å². The number of para-hydroxylation sites is 1. The summed E-state index contributed by atoms with van der Waals surface area (Å²) >= 11 is 0. The zero-order chi connectivity index (χ0) is 9.52. The van der Waals surface area contributed by atoms with E-state index in [2.05, 4.69) is 14.8 Å². The van der Waals surface area contributed by atoms with Gasteiger partial charge in [0.2, 0.25) is 0 Å². The Morgan fingerprint density at radius 3 is 2.77 bits per heavy atom. The maximum atomic E-state index is 8.19. The molecule has 0 aliphatic heterocycles. The van der Waals surface area contributed by atoms with E-state index in [1.54, 1.807) is 24.3 Å². The first-order valence-corrected chi connectivity index (χ1v) is 3.35. The fraction of sp³-hybridized carbons (Fsp3) is 0. The van der Waals surface area contributed by atoms with E-state index in [4.69, 9.17) is 15.8 Å². The van der Waals surface area contributed by atoms with Gasteiger partial charge in [-0.2, -0.15) is 0 Å². The van der Waals surface area contributed by atoms with Gasteiger partial charge < -0.3 is 10.3 Å². The molecule has 0 amide bonds. The highest BCUT2D eigenvalue weighted by Gasteiger charge is 1.99. The SMILES string of the molecule is [N-]=[N+]=COc1ccccc1N=[N+]=[N-]. The molecule has 0 atom stereocenters. The van der Waals surface area contributed by atoms with Crippen LogP contribution in [0.25, 0.3) is 16.0 Å². The molecule has 1 rings (SSSR count). The summed E-state index contributed by atoms with van der Waals surface area (Å²) in [5.74, 6) is 0.332. The zero-order valence-corrected chi connectivity index (χ0v) is 6.53. The van der Waals surface area contributed by atoms with Crippen molar-refractivity contribution >= 4 is 12.1 Å². The lowest BCUT2D eigenvalue weighted by Gasteiger charge is -1.97. The number of nitrogens with zero attached hydrogens (tertiary/aromatic N) is 5. The van der Waals surface area contributed by atoms with Crippen molar-refractivity contribution in [3.8, 4) is 5.75 Å². The molecule has 0 N–H and O–H groups in total. The molecule has 0 bridgehead atoms. The first-order chi connectivity index (χ1) is 6.38. The highest BCUT2D eigenvalue weighted by atomic mass is 16.5. The molecule has 0 aromatic heterocycles. The molecule has 0 aliphatic rings. The average Bonchev–Trinajstić information content (AvgIpc) is 2.17. The number of hydrogen-bond acceptors (Lipinski definition) is 2. The number of azide groups is 1. The molecule has 6 nitrogen and oxygen atoms in total. The third kappa shape index (κ3) is 2.34. The molecule has 0 spiro atoms. The van der Waals surface area contributed by atoms with Crippen LogP contribution in [0.4, 0.5) is 5.69 Å². The van der Waals surface area contributed by atoms with Gasteiger partial charge in [-0.1, -0.05) is 17.2 Å². The summed E-state index contributed by atoms with van der Waals surface area (Å²) in [6, 6.07) is 6.58. The van der Waals surface area contributed by atoms with E-state index in [-0.39, 0.29) is 0 Å². The molecule has 1 aromatic rings. The summed E-state index contributed by atoms with van der Waals surface area (Å²) in [5.41, 5.74) is 16.6. The summed E-state index contributed by atoms with van der Waals surface area (Å²) in [6.07, 6.45) is 0.839. The van der Waals surface area contributed by atoms with Crippen molar-refractivity contribution in [2.24, 2.45) is 5.11 Å². The average molecular weight is 175 g/mol. The molecule has 6 heteroatoms. The second-order valence-corrected chi connectivity index (χ2v) is 2.00. The predicted molar refractivity (Wildman–Crippen MR) is 45.6 cm³/mol. The van der Waals surface area contributed by atoms with Crippen LogP contribution in [0.1, 0.15) is 0 Å². The second-order valence-electron chi connectivity index (χ2n) is 2.00. The number of hydrogen-bond donors (Lipinski definition) is 0. The van der Waals surface area contributed by atoms with Gasteiger partial charge in [-0.25, -0.2) is 0 Å². The quantitative estimate of drug-likeness (QED) is 0.227. The summed E-state index contributed by atoms with van der Waals surface area (Å²) in [5, 5.41) is 3.37. The van der Waals surface area contributed by atoms with Gasteiger partial charge in [-0.05, 0) is 17.7 Å². The molecule has 0 aliphatic carbocycles. The van der Waals surface area contributed by atoms with Crippen LogP contribution in [0, 0.1) is 0 Å². The number of rotatable bonds is 3. The van der Waals surface area contributed by atoms with E-state index in [0.717, 1.165) is 6.40 Å². The maximum Gasteiger partial charge on any atom is 0.443 e. The van der Waals surface area contributed by atoms with Crippen LogP contribution >= 0.6 is 0 Å². The Morgan fingerprint density at radius 2 is 2.08 bits per heavy atom. The standard InChI is InChI=1S/C7H5N5O/c8-10-5-13-7-4-2-1-3-6(7)11-12-9/h1-5H. The molecule has 64 valence electrons. The van der Waals surface area contributed by atoms with E-state index in [9.17, 15) is 0 Å². The minimum Gasteiger partial charge on any atom is -0.398 e. The summed E-state index contributed by atoms with van der Waals surface area (Å²) in [6.45, 7) is 0. The highest BCUT2D eigenvalue weighted by Crippen LogP contribution is 2.25. The molecule has 0 unspecified atom stereocenters. The Balaban J connectivity index is 3.03. The molecule has 1 aromatic carbocycles. The second kappa shape index (κ2) is 4.56. The lowest BCUT2D eigenvalue weighted by Crippen LogP contribution is -1.89. The lowest BCUT2D eigenvalue weighted by atomic mass is 10.3. The minimum atomic E-state index is 0.332. The van der Waals surface area contributed by atoms with Gasteiger partial charge in [-0.3, -0.25) is 0 Å². The van der Waals surface area contributed by atoms with Crippen molar-refractivity contribution in [2.45, 2.75) is 0 Å². The van der Waals surface area contributed by atoms with Gasteiger partial charge in [0.15, 0.2) is 0 Å². The minimum absolute atomic E-state index is 0.332. The van der Waals surface area contributed by atoms with E-state index in [1.807, 2.05) is 0 Å². The van der Waals surface area contributed by atoms with Gasteiger partial charge in [0.05, 0.1) is 5.69 Å². The van der Waals surface area contributed by atoms with Crippen LogP contribution < -0.4 is 4.74 Å². The number of benzene rings is 1. The van der Waals surface area contributed by atoms with Crippen molar-refractivity contribution in [3.05, 3.63) is 40.2 Å². The molecule has 0 saturated carbocycles. The molecular formula is C7H5N5O. The van der Waals surface area contributed by atoms with Crippen LogP contribution in [0.3, 0.4) is 0 Å². The van der Waals surface area contributed by atoms with Crippen LogP contribution in [0.2, 0.25) is 0 Å². The lowest BCUT2D eigenvalue weighted by molar-refractivity contribution is -0.0150. The van der Waals surface area contributed by atoms with Gasteiger partial charge in [0.1, 0.15) is 5.75 Å². The Bertz CT molecular complexity index is 390. The first-order valence-electron chi connectivity index (χ1n) is 3.35. The molecular weight excluding hydrogens is 170 g/mol. The van der Waals surface area contributed by atoms with E-state index in [0.29, 0.717) is 11.4 Å². The maximum absolute atomic E-state index is 8.19. The van der Waals surface area contributed by atoms with Crippen LogP contribution in [0.15, 0.2) is 29.4 Å². The monoisotopic (exact) mass is 175 g/mol. The Kier molecular flexibility index (Phi) is 3.09. The van der Waals surface area contributed by atoms with Crippen molar-refractivity contribution in [1.82, 2.24) is 0 Å². The van der Waals surface area contributed by atoms with E-state index in [1.165, 1.54) is 0 Å². The van der Waals surface area contributed by atoms with Gasteiger partial charge >= 0.3 is 6.40 Å². The van der Waals surface area contributed by atoms with Crippen molar-refractivity contribution < 1.29 is 9.53 Å². The van der Waals surface area contributed by atoms with Gasteiger partial charge in [0.25, 0.3) is 0 Å². The van der Waals surface area contributed by atoms with Gasteiger partial charge in [0, 0.05) is 4.91 Å². The van der Waals surface area contributed by atoms with Crippen molar-refractivity contribution in [3.63, 3.8) is 0 Å². The zero-order valence-electron chi connectivity index (χ0n) is 6.53. The first kappa shape index (κ1) is 8.80. The Hall–Kier alpha value is -2.29. The summed E-state index contributed by atoms with van der Waals surface area (Å²) < 4.78 is 4.83. The Labute approximate surface area is 73.6 Å². The molecule has 0 fully saturated rings. The Morgan fingerprint density at radius 1 is 1.31 bits per heavy atom. The van der Waals surface area contributed by atoms with Crippen LogP contribution in [0.5, 0.6) is 5.75 Å². The topological polar surface area (TPSA) is 94.4 Å². The normalized spacial score (nSPS) is 8.00. The molecule has 0 saturated heterocycles. The fourth-order valence-corrected chi connectivity index (χ4v) is 0.768. The van der Waals surface area contributed by atoms with Crippen molar-refractivity contribution in [1.29, 1.82) is 0 Å². The van der Waals surface area contributed by atoms with Gasteiger partial charge in [-0.15, -0.1) is 4.79 Å². The third-order valence-electron chi connectivity index (χ3n) is 1.24. The largest absolute Gasteiger partial charge is 0.443 e. The summed E-state index contributed by atoms with van der Waals surface area (Å²) in [7, 11) is 0. The van der Waals surface area contributed by atoms with Crippen molar-refractivity contribution in [2.75, 3.05) is 0 Å². The molecule has 0 heterocycles. The smallest absolute Gasteiger partial charge is 0.398 e.